The Morgan fingerprint density at radius 3 is 2.60 bits per heavy atom. The third-order valence-electron chi connectivity index (χ3n) is 4.02. The summed E-state index contributed by atoms with van der Waals surface area (Å²) >= 11 is 0. The Morgan fingerprint density at radius 2 is 2.00 bits per heavy atom. The van der Waals surface area contributed by atoms with Crippen LogP contribution in [0, 0.1) is 0 Å². The van der Waals surface area contributed by atoms with Crippen LogP contribution in [-0.2, 0) is 9.53 Å². The van der Waals surface area contributed by atoms with E-state index in [1.54, 1.807) is 24.3 Å². The van der Waals surface area contributed by atoms with E-state index in [0.29, 0.717) is 17.8 Å². The maximum Gasteiger partial charge on any atom is 0.334 e. The number of aliphatic carboxylic acids is 1. The number of anilines is 1. The molecule has 0 aliphatic carbocycles. The Morgan fingerprint density at radius 1 is 1.32 bits per heavy atom. The molecule has 2 rings (SSSR count). The fourth-order valence-electron chi connectivity index (χ4n) is 2.30. The molecule has 3 amide bonds. The summed E-state index contributed by atoms with van der Waals surface area (Å²) in [4.78, 5) is 36.6. The molecule has 0 bridgehead atoms. The number of rotatable bonds is 5. The number of carbonyl (C=O) groups excluding carboxylic acids is 2. The quantitative estimate of drug-likeness (QED) is 0.747. The fourth-order valence-corrected chi connectivity index (χ4v) is 2.30. The lowest BCUT2D eigenvalue weighted by molar-refractivity contribution is -0.154. The highest BCUT2D eigenvalue weighted by atomic mass is 16.5. The molecule has 3 N–H and O–H groups in total. The van der Waals surface area contributed by atoms with Crippen molar-refractivity contribution in [3.05, 3.63) is 29.8 Å². The molecule has 8 nitrogen and oxygen atoms in total. The maximum atomic E-state index is 12.2. The first-order valence-electron chi connectivity index (χ1n) is 8.22. The van der Waals surface area contributed by atoms with Crippen LogP contribution in [0.25, 0.3) is 0 Å². The molecule has 1 aromatic carbocycles. The predicted octanol–water partition coefficient (Wildman–Crippen LogP) is 1.53. The molecule has 1 fully saturated rings. The van der Waals surface area contributed by atoms with Crippen molar-refractivity contribution >= 4 is 23.6 Å². The number of carboxylic acid groups (broad SMARTS) is 1. The normalized spacial score (nSPS) is 18.3. The first kappa shape index (κ1) is 18.7. The van der Waals surface area contributed by atoms with Crippen LogP contribution in [0.15, 0.2) is 24.3 Å². The summed E-state index contributed by atoms with van der Waals surface area (Å²) in [7, 11) is 0. The molecule has 2 atom stereocenters. The summed E-state index contributed by atoms with van der Waals surface area (Å²) in [6.45, 7) is 4.42. The standard InChI is InChI=1S/C17H23N3O5/c1-3-11(2)18-15(21)12-4-6-13(7-5-12)19-17(24)20-8-9-25-14(10-20)16(22)23/h4-7,11,14H,3,8-10H2,1-2H3,(H,18,21)(H,19,24)(H,22,23). The third kappa shape index (κ3) is 5.18. The second-order valence-electron chi connectivity index (χ2n) is 5.93. The highest BCUT2D eigenvalue weighted by Crippen LogP contribution is 2.13. The van der Waals surface area contributed by atoms with Crippen molar-refractivity contribution < 1.29 is 24.2 Å². The van der Waals surface area contributed by atoms with Gasteiger partial charge in [0.2, 0.25) is 0 Å². The Labute approximate surface area is 146 Å². The van der Waals surface area contributed by atoms with Gasteiger partial charge in [-0.05, 0) is 37.6 Å². The molecule has 136 valence electrons. The number of nitrogens with zero attached hydrogens (tertiary/aromatic N) is 1. The first-order valence-corrected chi connectivity index (χ1v) is 8.22. The van der Waals surface area contributed by atoms with Crippen molar-refractivity contribution in [2.24, 2.45) is 0 Å². The molecule has 1 aromatic rings. The van der Waals surface area contributed by atoms with Gasteiger partial charge in [0.15, 0.2) is 6.10 Å². The fraction of sp³-hybridized carbons (Fsp3) is 0.471. The lowest BCUT2D eigenvalue weighted by atomic mass is 10.1. The van der Waals surface area contributed by atoms with Crippen LogP contribution >= 0.6 is 0 Å². The van der Waals surface area contributed by atoms with Crippen molar-refractivity contribution in [2.45, 2.75) is 32.4 Å². The largest absolute Gasteiger partial charge is 0.479 e. The van der Waals surface area contributed by atoms with Crippen LogP contribution in [0.1, 0.15) is 30.6 Å². The summed E-state index contributed by atoms with van der Waals surface area (Å²) in [5.74, 6) is -1.25. The molecular formula is C17H23N3O5. The molecule has 0 spiro atoms. The van der Waals surface area contributed by atoms with Gasteiger partial charge in [-0.25, -0.2) is 9.59 Å². The number of benzene rings is 1. The van der Waals surface area contributed by atoms with Gasteiger partial charge in [-0.3, -0.25) is 4.79 Å². The lowest BCUT2D eigenvalue weighted by Gasteiger charge is -2.30. The minimum absolute atomic E-state index is 0.00341. The Kier molecular flexibility index (Phi) is 6.35. The summed E-state index contributed by atoms with van der Waals surface area (Å²) in [6, 6.07) is 6.23. The molecule has 25 heavy (non-hydrogen) atoms. The average molecular weight is 349 g/mol. The second-order valence-corrected chi connectivity index (χ2v) is 5.93. The molecule has 1 aliphatic rings. The van der Waals surface area contributed by atoms with E-state index in [1.165, 1.54) is 4.90 Å². The van der Waals surface area contributed by atoms with Gasteiger partial charge in [0.25, 0.3) is 5.91 Å². The topological polar surface area (TPSA) is 108 Å². The third-order valence-corrected chi connectivity index (χ3v) is 4.02. The van der Waals surface area contributed by atoms with Gasteiger partial charge < -0.3 is 25.4 Å². The second kappa shape index (κ2) is 8.48. The van der Waals surface area contributed by atoms with Gasteiger partial charge in [0, 0.05) is 23.8 Å². The van der Waals surface area contributed by atoms with E-state index in [-0.39, 0.29) is 25.1 Å². The van der Waals surface area contributed by atoms with Crippen molar-refractivity contribution in [3.63, 3.8) is 0 Å². The minimum Gasteiger partial charge on any atom is -0.479 e. The van der Waals surface area contributed by atoms with E-state index in [1.807, 2.05) is 13.8 Å². The molecule has 8 heteroatoms. The Bertz CT molecular complexity index is 632. The van der Waals surface area contributed by atoms with E-state index in [4.69, 9.17) is 9.84 Å². The highest BCUT2D eigenvalue weighted by molar-refractivity contribution is 5.95. The number of amides is 3. The summed E-state index contributed by atoms with van der Waals surface area (Å²) in [6.07, 6.45) is -0.164. The molecule has 1 saturated heterocycles. The molecule has 1 aliphatic heterocycles. The number of hydrogen-bond donors (Lipinski definition) is 3. The van der Waals surface area contributed by atoms with Gasteiger partial charge in [-0.1, -0.05) is 6.92 Å². The maximum absolute atomic E-state index is 12.2. The Balaban J connectivity index is 1.93. The minimum atomic E-state index is -1.09. The number of carboxylic acids is 1. The van der Waals surface area contributed by atoms with Gasteiger partial charge in [0.05, 0.1) is 13.2 Å². The molecule has 0 radical (unpaired) electrons. The SMILES string of the molecule is CCC(C)NC(=O)c1ccc(NC(=O)N2CCOC(C(=O)O)C2)cc1. The number of ether oxygens (including phenoxy) is 1. The van der Waals surface area contributed by atoms with Crippen molar-refractivity contribution in [3.8, 4) is 0 Å². The van der Waals surface area contributed by atoms with Crippen molar-refractivity contribution in [1.82, 2.24) is 10.2 Å². The van der Waals surface area contributed by atoms with Gasteiger partial charge >= 0.3 is 12.0 Å². The van der Waals surface area contributed by atoms with Crippen LogP contribution < -0.4 is 10.6 Å². The monoisotopic (exact) mass is 349 g/mol. The van der Waals surface area contributed by atoms with Crippen molar-refractivity contribution in [2.75, 3.05) is 25.0 Å². The average Bonchev–Trinajstić information content (AvgIpc) is 2.62. The van der Waals surface area contributed by atoms with Gasteiger partial charge in [-0.2, -0.15) is 0 Å². The van der Waals surface area contributed by atoms with Crippen molar-refractivity contribution in [1.29, 1.82) is 0 Å². The van der Waals surface area contributed by atoms with Crippen LogP contribution in [-0.4, -0.2) is 59.8 Å². The number of morpholine rings is 1. The molecule has 2 unspecified atom stereocenters. The smallest absolute Gasteiger partial charge is 0.334 e. The van der Waals surface area contributed by atoms with E-state index in [2.05, 4.69) is 10.6 Å². The number of nitrogens with one attached hydrogen (secondary N) is 2. The zero-order valence-corrected chi connectivity index (χ0v) is 14.3. The Hall–Kier alpha value is -2.61. The van der Waals surface area contributed by atoms with Crippen LogP contribution in [0.5, 0.6) is 0 Å². The summed E-state index contributed by atoms with van der Waals surface area (Å²) in [5, 5.41) is 14.5. The molecule has 1 heterocycles. The zero-order chi connectivity index (χ0) is 18.4. The molecule has 0 aromatic heterocycles. The number of hydrogen-bond acceptors (Lipinski definition) is 4. The lowest BCUT2D eigenvalue weighted by Crippen LogP contribution is -2.49. The van der Waals surface area contributed by atoms with Crippen LogP contribution in [0.4, 0.5) is 10.5 Å². The van der Waals surface area contributed by atoms with E-state index >= 15 is 0 Å². The van der Waals surface area contributed by atoms with Gasteiger partial charge in [-0.15, -0.1) is 0 Å². The molecule has 0 saturated carbocycles. The first-order chi connectivity index (χ1) is 11.9. The van der Waals surface area contributed by atoms with E-state index in [0.717, 1.165) is 6.42 Å². The number of carbonyl (C=O) groups is 3. The van der Waals surface area contributed by atoms with Crippen LogP contribution in [0.3, 0.4) is 0 Å². The summed E-state index contributed by atoms with van der Waals surface area (Å²) < 4.78 is 5.09. The highest BCUT2D eigenvalue weighted by Gasteiger charge is 2.28. The summed E-state index contributed by atoms with van der Waals surface area (Å²) in [5.41, 5.74) is 1.04. The molecular weight excluding hydrogens is 326 g/mol. The number of urea groups is 1. The predicted molar refractivity (Wildman–Crippen MR) is 91.6 cm³/mol. The van der Waals surface area contributed by atoms with E-state index < -0.39 is 18.1 Å². The van der Waals surface area contributed by atoms with Crippen LogP contribution in [0.2, 0.25) is 0 Å². The van der Waals surface area contributed by atoms with Gasteiger partial charge in [0.1, 0.15) is 0 Å². The van der Waals surface area contributed by atoms with E-state index in [9.17, 15) is 14.4 Å². The zero-order valence-electron chi connectivity index (χ0n) is 14.3.